The van der Waals surface area contributed by atoms with Gasteiger partial charge in [-0.2, -0.15) is 0 Å². The molecule has 0 aliphatic heterocycles. The molecule has 0 aromatic heterocycles. The summed E-state index contributed by atoms with van der Waals surface area (Å²) in [5.41, 5.74) is 1.69. The Morgan fingerprint density at radius 2 is 1.61 bits per heavy atom. The quantitative estimate of drug-likeness (QED) is 0.729. The fourth-order valence-corrected chi connectivity index (χ4v) is 2.62. The summed E-state index contributed by atoms with van der Waals surface area (Å²) in [7, 11) is 1.69. The lowest BCUT2D eigenvalue weighted by Crippen LogP contribution is -2.40. The van der Waals surface area contributed by atoms with Gasteiger partial charge in [-0.1, -0.05) is 23.7 Å². The zero-order valence-corrected chi connectivity index (χ0v) is 17.3. The van der Waals surface area contributed by atoms with Crippen LogP contribution < -0.4 is 20.3 Å². The molecule has 3 amide bonds. The molecular weight excluding hydrogens is 378 g/mol. The van der Waals surface area contributed by atoms with E-state index >= 15 is 0 Å². The van der Waals surface area contributed by atoms with Crippen molar-refractivity contribution in [3.8, 4) is 5.75 Å². The topological polar surface area (TPSA) is 70.7 Å². The third-order valence-corrected chi connectivity index (χ3v) is 4.31. The fraction of sp³-hybridized carbons (Fsp3) is 0.333. The van der Waals surface area contributed by atoms with Crippen LogP contribution in [-0.2, 0) is 4.79 Å². The van der Waals surface area contributed by atoms with Gasteiger partial charge in [0.05, 0.1) is 6.04 Å². The number of amides is 3. The second kappa shape index (κ2) is 9.99. The van der Waals surface area contributed by atoms with E-state index in [2.05, 4.69) is 10.6 Å². The largest absolute Gasteiger partial charge is 0.484 e. The Bertz CT molecular complexity index is 792. The van der Waals surface area contributed by atoms with Gasteiger partial charge in [-0.25, -0.2) is 4.79 Å². The highest BCUT2D eigenvalue weighted by Gasteiger charge is 2.13. The molecule has 2 aromatic rings. The number of nitrogens with zero attached hydrogens (tertiary/aromatic N) is 1. The molecule has 2 rings (SSSR count). The number of hydrogen-bond acceptors (Lipinski definition) is 3. The molecule has 0 fully saturated rings. The van der Waals surface area contributed by atoms with Crippen LogP contribution in [0.3, 0.4) is 0 Å². The van der Waals surface area contributed by atoms with Crippen LogP contribution in [0.2, 0.25) is 5.02 Å². The van der Waals surface area contributed by atoms with E-state index in [9.17, 15) is 9.59 Å². The molecule has 0 saturated carbocycles. The summed E-state index contributed by atoms with van der Waals surface area (Å²) in [5, 5.41) is 6.36. The van der Waals surface area contributed by atoms with Crippen molar-refractivity contribution in [3.63, 3.8) is 0 Å². The maximum atomic E-state index is 12.1. The van der Waals surface area contributed by atoms with Crippen molar-refractivity contribution in [3.05, 3.63) is 59.1 Å². The zero-order valence-electron chi connectivity index (χ0n) is 16.5. The van der Waals surface area contributed by atoms with Gasteiger partial charge in [0.2, 0.25) is 0 Å². The maximum absolute atomic E-state index is 12.1. The fourth-order valence-electron chi connectivity index (χ4n) is 2.49. The summed E-state index contributed by atoms with van der Waals surface area (Å²) >= 11 is 5.88. The predicted octanol–water partition coefficient (Wildman–Crippen LogP) is 4.15. The maximum Gasteiger partial charge on any atom is 0.321 e. The molecule has 0 heterocycles. The SMILES string of the molecule is CC(C)NC(=O)N(C)c1ccc(OCC(=O)NC(C)c2ccc(Cl)cc2)cc1. The van der Waals surface area contributed by atoms with Crippen LogP contribution >= 0.6 is 11.6 Å². The van der Waals surface area contributed by atoms with Crippen molar-refractivity contribution in [2.45, 2.75) is 32.9 Å². The van der Waals surface area contributed by atoms with Crippen LogP contribution in [0.1, 0.15) is 32.4 Å². The molecule has 0 bridgehead atoms. The standard InChI is InChI=1S/C21H26ClN3O3/c1-14(2)23-21(27)25(4)18-9-11-19(12-10-18)28-13-20(26)24-15(3)16-5-7-17(22)8-6-16/h5-12,14-15H,13H2,1-4H3,(H,23,27)(H,24,26). The third kappa shape index (κ3) is 6.46. The molecule has 0 aliphatic carbocycles. The Morgan fingerprint density at radius 1 is 1.00 bits per heavy atom. The highest BCUT2D eigenvalue weighted by molar-refractivity contribution is 6.30. The molecule has 0 saturated heterocycles. The monoisotopic (exact) mass is 403 g/mol. The molecule has 0 spiro atoms. The Morgan fingerprint density at radius 3 is 2.18 bits per heavy atom. The lowest BCUT2D eigenvalue weighted by atomic mass is 10.1. The molecule has 2 N–H and O–H groups in total. The lowest BCUT2D eigenvalue weighted by molar-refractivity contribution is -0.123. The predicted molar refractivity (Wildman–Crippen MR) is 112 cm³/mol. The van der Waals surface area contributed by atoms with Crippen molar-refractivity contribution >= 4 is 29.2 Å². The van der Waals surface area contributed by atoms with E-state index in [-0.39, 0.29) is 30.6 Å². The third-order valence-electron chi connectivity index (χ3n) is 4.06. The van der Waals surface area contributed by atoms with Crippen molar-refractivity contribution in [2.75, 3.05) is 18.6 Å². The minimum Gasteiger partial charge on any atom is -0.484 e. The number of halogens is 1. The summed E-state index contributed by atoms with van der Waals surface area (Å²) in [6, 6.07) is 14.0. The minimum atomic E-state index is -0.222. The molecule has 1 atom stereocenters. The smallest absolute Gasteiger partial charge is 0.321 e. The van der Waals surface area contributed by atoms with E-state index in [0.29, 0.717) is 10.8 Å². The molecule has 150 valence electrons. The Labute approximate surface area is 170 Å². The molecule has 6 nitrogen and oxygen atoms in total. The van der Waals surface area contributed by atoms with Crippen molar-refractivity contribution < 1.29 is 14.3 Å². The van der Waals surface area contributed by atoms with Gasteiger partial charge in [-0.3, -0.25) is 9.69 Å². The molecular formula is C21H26ClN3O3. The molecule has 7 heteroatoms. The van der Waals surface area contributed by atoms with Gasteiger partial charge in [-0.15, -0.1) is 0 Å². The number of rotatable bonds is 7. The van der Waals surface area contributed by atoms with Gasteiger partial charge in [0.25, 0.3) is 5.91 Å². The average molecular weight is 404 g/mol. The number of carbonyl (C=O) groups is 2. The van der Waals surface area contributed by atoms with Crippen LogP contribution in [0.4, 0.5) is 10.5 Å². The number of anilines is 1. The molecule has 0 radical (unpaired) electrons. The van der Waals surface area contributed by atoms with E-state index < -0.39 is 0 Å². The first-order valence-electron chi connectivity index (χ1n) is 9.08. The highest BCUT2D eigenvalue weighted by Crippen LogP contribution is 2.19. The summed E-state index contributed by atoms with van der Waals surface area (Å²) in [5.74, 6) is 0.329. The van der Waals surface area contributed by atoms with Crippen LogP contribution in [0, 0.1) is 0 Å². The normalized spacial score (nSPS) is 11.6. The number of nitrogens with one attached hydrogen (secondary N) is 2. The molecule has 28 heavy (non-hydrogen) atoms. The van der Waals surface area contributed by atoms with Crippen LogP contribution in [0.25, 0.3) is 0 Å². The first kappa shape index (κ1) is 21.6. The summed E-state index contributed by atoms with van der Waals surface area (Å²) in [6.07, 6.45) is 0. The van der Waals surface area contributed by atoms with E-state index in [1.807, 2.05) is 32.9 Å². The van der Waals surface area contributed by atoms with E-state index in [1.54, 1.807) is 43.4 Å². The van der Waals surface area contributed by atoms with Crippen molar-refractivity contribution in [2.24, 2.45) is 0 Å². The number of hydrogen-bond donors (Lipinski definition) is 2. The lowest BCUT2D eigenvalue weighted by Gasteiger charge is -2.20. The van der Waals surface area contributed by atoms with Crippen LogP contribution in [-0.4, -0.2) is 31.6 Å². The minimum absolute atomic E-state index is 0.0614. The van der Waals surface area contributed by atoms with Gasteiger partial charge in [-0.05, 0) is 62.7 Å². The second-order valence-electron chi connectivity index (χ2n) is 6.79. The number of ether oxygens (including phenoxy) is 1. The van der Waals surface area contributed by atoms with Gasteiger partial charge >= 0.3 is 6.03 Å². The number of carbonyl (C=O) groups excluding carboxylic acids is 2. The summed E-state index contributed by atoms with van der Waals surface area (Å²) in [4.78, 5) is 25.6. The van der Waals surface area contributed by atoms with Crippen molar-refractivity contribution in [1.82, 2.24) is 10.6 Å². The average Bonchev–Trinajstić information content (AvgIpc) is 2.66. The summed E-state index contributed by atoms with van der Waals surface area (Å²) in [6.45, 7) is 5.61. The zero-order chi connectivity index (χ0) is 20.7. The van der Waals surface area contributed by atoms with E-state index in [4.69, 9.17) is 16.3 Å². The second-order valence-corrected chi connectivity index (χ2v) is 7.22. The number of benzene rings is 2. The first-order valence-corrected chi connectivity index (χ1v) is 9.46. The van der Waals surface area contributed by atoms with Crippen LogP contribution in [0.15, 0.2) is 48.5 Å². The highest BCUT2D eigenvalue weighted by atomic mass is 35.5. The number of urea groups is 1. The Kier molecular flexibility index (Phi) is 7.70. The summed E-state index contributed by atoms with van der Waals surface area (Å²) < 4.78 is 5.53. The Balaban J connectivity index is 1.84. The van der Waals surface area contributed by atoms with Gasteiger partial charge in [0.1, 0.15) is 5.75 Å². The van der Waals surface area contributed by atoms with Gasteiger partial charge in [0.15, 0.2) is 6.61 Å². The van der Waals surface area contributed by atoms with E-state index in [0.717, 1.165) is 11.3 Å². The molecule has 2 aromatic carbocycles. The van der Waals surface area contributed by atoms with Gasteiger partial charge < -0.3 is 15.4 Å². The molecule has 1 unspecified atom stereocenters. The van der Waals surface area contributed by atoms with Crippen molar-refractivity contribution in [1.29, 1.82) is 0 Å². The van der Waals surface area contributed by atoms with Crippen LogP contribution in [0.5, 0.6) is 5.75 Å². The first-order chi connectivity index (χ1) is 13.3. The molecule has 0 aliphatic rings. The van der Waals surface area contributed by atoms with E-state index in [1.165, 1.54) is 4.90 Å². The van der Waals surface area contributed by atoms with Gasteiger partial charge in [0, 0.05) is 23.8 Å². The Hall–Kier alpha value is -2.73.